The van der Waals surface area contributed by atoms with Crippen LogP contribution in [-0.4, -0.2) is 20.6 Å². The Morgan fingerprint density at radius 3 is 2.83 bits per heavy atom. The Bertz CT molecular complexity index is 937. The van der Waals surface area contributed by atoms with Crippen molar-refractivity contribution >= 4 is 32.1 Å². The molecular formula is C16H14N2O3S2. The zero-order chi connectivity index (χ0) is 16.6. The van der Waals surface area contributed by atoms with Crippen LogP contribution < -0.4 is 5.32 Å². The van der Waals surface area contributed by atoms with E-state index in [1.54, 1.807) is 6.07 Å². The maximum atomic E-state index is 12.4. The van der Waals surface area contributed by atoms with E-state index in [0.29, 0.717) is 10.6 Å². The minimum Gasteiger partial charge on any atom is -0.312 e. The highest BCUT2D eigenvalue weighted by Gasteiger charge is 2.23. The van der Waals surface area contributed by atoms with Gasteiger partial charge < -0.3 is 5.32 Å². The van der Waals surface area contributed by atoms with Crippen LogP contribution in [0.4, 0.5) is 5.00 Å². The van der Waals surface area contributed by atoms with E-state index in [2.05, 4.69) is 11.4 Å². The lowest BCUT2D eigenvalue weighted by atomic mass is 10.1. The van der Waals surface area contributed by atoms with Crippen LogP contribution in [0.25, 0.3) is 0 Å². The topological polar surface area (TPSA) is 87.0 Å². The van der Waals surface area contributed by atoms with Gasteiger partial charge in [-0.2, -0.15) is 5.26 Å². The number of hydrogen-bond donors (Lipinski definition) is 1. The van der Waals surface area contributed by atoms with Crippen molar-refractivity contribution in [2.75, 3.05) is 11.6 Å². The van der Waals surface area contributed by atoms with Gasteiger partial charge in [0.2, 0.25) is 0 Å². The first-order valence-corrected chi connectivity index (χ1v) is 9.77. The quantitative estimate of drug-likeness (QED) is 0.926. The molecule has 7 heteroatoms. The molecule has 0 spiro atoms. The third-order valence-corrected chi connectivity index (χ3v) is 6.10. The second-order valence-electron chi connectivity index (χ2n) is 5.43. The molecule has 0 saturated carbocycles. The van der Waals surface area contributed by atoms with Crippen molar-refractivity contribution in [1.29, 1.82) is 5.26 Å². The first kappa shape index (κ1) is 15.7. The Kier molecular flexibility index (Phi) is 3.96. The summed E-state index contributed by atoms with van der Waals surface area (Å²) in [5.74, 6) is -0.410. The highest BCUT2D eigenvalue weighted by atomic mass is 32.2. The van der Waals surface area contributed by atoms with E-state index in [1.165, 1.54) is 29.5 Å². The molecule has 1 aliphatic carbocycles. The van der Waals surface area contributed by atoms with Gasteiger partial charge in [0.05, 0.1) is 10.5 Å². The van der Waals surface area contributed by atoms with Gasteiger partial charge in [-0.3, -0.25) is 4.79 Å². The van der Waals surface area contributed by atoms with Crippen LogP contribution in [-0.2, 0) is 22.7 Å². The van der Waals surface area contributed by atoms with Crippen LogP contribution in [0.2, 0.25) is 0 Å². The molecule has 0 fully saturated rings. The third-order valence-electron chi connectivity index (χ3n) is 3.78. The molecule has 118 valence electrons. The Balaban J connectivity index is 1.90. The number of anilines is 1. The molecular weight excluding hydrogens is 332 g/mol. The van der Waals surface area contributed by atoms with Gasteiger partial charge in [0.25, 0.3) is 5.91 Å². The second-order valence-corrected chi connectivity index (χ2v) is 8.55. The van der Waals surface area contributed by atoms with Gasteiger partial charge in [-0.05, 0) is 43.0 Å². The maximum Gasteiger partial charge on any atom is 0.256 e. The Morgan fingerprint density at radius 1 is 1.35 bits per heavy atom. The van der Waals surface area contributed by atoms with Crippen molar-refractivity contribution in [1.82, 2.24) is 0 Å². The molecule has 0 aliphatic heterocycles. The van der Waals surface area contributed by atoms with Crippen LogP contribution >= 0.6 is 11.3 Å². The SMILES string of the molecule is CS(=O)(=O)c1cccc(C(=O)Nc2sc3c(c2C#N)CCC3)c1. The fourth-order valence-electron chi connectivity index (χ4n) is 2.65. The van der Waals surface area contributed by atoms with Crippen LogP contribution in [0, 0.1) is 11.3 Å². The fraction of sp³-hybridized carbons (Fsp3) is 0.250. The first-order chi connectivity index (χ1) is 10.9. The van der Waals surface area contributed by atoms with E-state index in [-0.39, 0.29) is 10.5 Å². The summed E-state index contributed by atoms with van der Waals surface area (Å²) in [4.78, 5) is 13.6. The van der Waals surface area contributed by atoms with Gasteiger partial charge in [-0.15, -0.1) is 11.3 Å². The summed E-state index contributed by atoms with van der Waals surface area (Å²) in [6, 6.07) is 8.05. The van der Waals surface area contributed by atoms with Crippen LogP contribution in [0.5, 0.6) is 0 Å². The highest BCUT2D eigenvalue weighted by Crippen LogP contribution is 2.38. The summed E-state index contributed by atoms with van der Waals surface area (Å²) in [6.45, 7) is 0. The molecule has 0 bridgehead atoms. The summed E-state index contributed by atoms with van der Waals surface area (Å²) < 4.78 is 23.2. The molecule has 1 N–H and O–H groups in total. The Morgan fingerprint density at radius 2 is 2.13 bits per heavy atom. The zero-order valence-electron chi connectivity index (χ0n) is 12.4. The lowest BCUT2D eigenvalue weighted by Gasteiger charge is -2.05. The predicted octanol–water partition coefficient (Wildman–Crippen LogP) is 2.76. The van der Waals surface area contributed by atoms with Gasteiger partial charge >= 0.3 is 0 Å². The first-order valence-electron chi connectivity index (χ1n) is 7.06. The van der Waals surface area contributed by atoms with Gasteiger partial charge in [0, 0.05) is 16.7 Å². The van der Waals surface area contributed by atoms with Gasteiger partial charge in [-0.25, -0.2) is 8.42 Å². The molecule has 1 aromatic carbocycles. The lowest BCUT2D eigenvalue weighted by molar-refractivity contribution is 0.102. The van der Waals surface area contributed by atoms with E-state index in [4.69, 9.17) is 0 Å². The number of nitriles is 1. The highest BCUT2D eigenvalue weighted by molar-refractivity contribution is 7.90. The van der Waals surface area contributed by atoms with Crippen LogP contribution in [0.1, 0.15) is 32.8 Å². The van der Waals surface area contributed by atoms with E-state index in [9.17, 15) is 18.5 Å². The molecule has 1 amide bonds. The molecule has 1 aliphatic rings. The molecule has 1 aromatic heterocycles. The van der Waals surface area contributed by atoms with Crippen molar-refractivity contribution in [2.24, 2.45) is 0 Å². The lowest BCUT2D eigenvalue weighted by Crippen LogP contribution is -2.12. The molecule has 1 heterocycles. The van der Waals surface area contributed by atoms with E-state index < -0.39 is 15.7 Å². The minimum absolute atomic E-state index is 0.0966. The van der Waals surface area contributed by atoms with Gasteiger partial charge in [-0.1, -0.05) is 6.07 Å². The fourth-order valence-corrected chi connectivity index (χ4v) is 4.56. The number of carbonyl (C=O) groups is 1. The smallest absolute Gasteiger partial charge is 0.256 e. The number of carbonyl (C=O) groups excluding carboxylic acids is 1. The monoisotopic (exact) mass is 346 g/mol. The van der Waals surface area contributed by atoms with Crippen molar-refractivity contribution in [3.63, 3.8) is 0 Å². The van der Waals surface area contributed by atoms with E-state index >= 15 is 0 Å². The van der Waals surface area contributed by atoms with Crippen LogP contribution in [0.15, 0.2) is 29.2 Å². The number of nitrogens with zero attached hydrogens (tertiary/aromatic N) is 1. The van der Waals surface area contributed by atoms with Gasteiger partial charge in [0.15, 0.2) is 9.84 Å². The van der Waals surface area contributed by atoms with E-state index in [1.807, 2.05) is 0 Å². The maximum absolute atomic E-state index is 12.4. The number of nitrogens with one attached hydrogen (secondary N) is 1. The standard InChI is InChI=1S/C16H14N2O3S2/c1-23(20,21)11-5-2-4-10(8-11)15(19)18-16-13(9-17)12-6-3-7-14(12)22-16/h2,4-5,8H,3,6-7H2,1H3,(H,18,19). The predicted molar refractivity (Wildman–Crippen MR) is 88.6 cm³/mol. The number of fused-ring (bicyclic) bond motifs is 1. The molecule has 2 aromatic rings. The third kappa shape index (κ3) is 3.00. The molecule has 0 saturated heterocycles. The molecule has 0 radical (unpaired) electrons. The van der Waals surface area contributed by atoms with Crippen molar-refractivity contribution in [2.45, 2.75) is 24.2 Å². The number of hydrogen-bond acceptors (Lipinski definition) is 5. The van der Waals surface area contributed by atoms with Crippen molar-refractivity contribution in [3.05, 3.63) is 45.8 Å². The summed E-state index contributed by atoms with van der Waals surface area (Å²) in [6.07, 6.45) is 3.95. The molecule has 0 unspecified atom stereocenters. The zero-order valence-corrected chi connectivity index (χ0v) is 14.1. The molecule has 3 rings (SSSR count). The molecule has 23 heavy (non-hydrogen) atoms. The summed E-state index contributed by atoms with van der Waals surface area (Å²) in [5.41, 5.74) is 1.83. The van der Waals surface area contributed by atoms with Crippen molar-refractivity contribution < 1.29 is 13.2 Å². The summed E-state index contributed by atoms with van der Waals surface area (Å²) >= 11 is 1.43. The normalized spacial score (nSPS) is 13.4. The molecule has 0 atom stereocenters. The van der Waals surface area contributed by atoms with Crippen molar-refractivity contribution in [3.8, 4) is 6.07 Å². The average molecular weight is 346 g/mol. The summed E-state index contributed by atoms with van der Waals surface area (Å²) in [7, 11) is -3.37. The number of benzene rings is 1. The Labute approximate surface area is 138 Å². The number of thiophene rings is 1. The summed E-state index contributed by atoms with van der Waals surface area (Å²) in [5, 5.41) is 12.6. The number of aryl methyl sites for hydroxylation is 1. The molecule has 5 nitrogen and oxygen atoms in total. The van der Waals surface area contributed by atoms with Gasteiger partial charge in [0.1, 0.15) is 11.1 Å². The number of sulfone groups is 1. The number of amides is 1. The largest absolute Gasteiger partial charge is 0.312 e. The second kappa shape index (κ2) is 5.80. The van der Waals surface area contributed by atoms with E-state index in [0.717, 1.165) is 36.0 Å². The average Bonchev–Trinajstić information content (AvgIpc) is 3.06. The Hall–Kier alpha value is -2.17. The minimum atomic E-state index is -3.37. The van der Waals surface area contributed by atoms with Crippen LogP contribution in [0.3, 0.4) is 0 Å². The number of rotatable bonds is 3.